The van der Waals surface area contributed by atoms with Crippen LogP contribution in [0.5, 0.6) is 0 Å². The highest BCUT2D eigenvalue weighted by Crippen LogP contribution is 2.11. The number of hydrogen-bond acceptors (Lipinski definition) is 2. The van der Waals surface area contributed by atoms with Crippen LogP contribution in [0.15, 0.2) is 12.2 Å². The Kier molecular flexibility index (Phi) is 4.66. The van der Waals surface area contributed by atoms with E-state index in [-0.39, 0.29) is 0 Å². The van der Waals surface area contributed by atoms with Crippen LogP contribution < -0.4 is 0 Å². The molecule has 1 heterocycles. The minimum atomic E-state index is -0.868. The first kappa shape index (κ1) is 11.2. The molecule has 1 aliphatic heterocycles. The van der Waals surface area contributed by atoms with Gasteiger partial charge >= 0.3 is 5.97 Å². The Balaban J connectivity index is 2.33. The van der Waals surface area contributed by atoms with Crippen molar-refractivity contribution in [2.24, 2.45) is 0 Å². The van der Waals surface area contributed by atoms with Gasteiger partial charge in [-0.1, -0.05) is 25.8 Å². The second kappa shape index (κ2) is 5.81. The van der Waals surface area contributed by atoms with Crippen LogP contribution in [0.4, 0.5) is 0 Å². The van der Waals surface area contributed by atoms with Crippen molar-refractivity contribution in [2.75, 3.05) is 19.6 Å². The zero-order chi connectivity index (χ0) is 10.4. The number of hydrogen-bond donors (Lipinski definition) is 1. The van der Waals surface area contributed by atoms with Crippen molar-refractivity contribution in [1.82, 2.24) is 4.90 Å². The lowest BCUT2D eigenvalue weighted by atomic mass is 10.1. The number of carboxylic acid groups (broad SMARTS) is 1. The van der Waals surface area contributed by atoms with Gasteiger partial charge in [0.05, 0.1) is 0 Å². The molecule has 0 aromatic carbocycles. The fourth-order valence-electron chi connectivity index (χ4n) is 1.81. The lowest BCUT2D eigenvalue weighted by molar-refractivity contribution is -0.132. The number of rotatable bonds is 3. The van der Waals surface area contributed by atoms with Crippen molar-refractivity contribution >= 4 is 5.97 Å². The van der Waals surface area contributed by atoms with Gasteiger partial charge in [0.15, 0.2) is 0 Å². The van der Waals surface area contributed by atoms with Crippen molar-refractivity contribution in [1.29, 1.82) is 0 Å². The number of nitrogens with zero attached hydrogens (tertiary/aromatic N) is 1. The molecule has 1 N–H and O–H groups in total. The van der Waals surface area contributed by atoms with E-state index < -0.39 is 5.97 Å². The van der Waals surface area contributed by atoms with E-state index in [0.29, 0.717) is 12.1 Å². The molecule has 1 rings (SSSR count). The molecule has 0 unspecified atom stereocenters. The van der Waals surface area contributed by atoms with Gasteiger partial charge in [0.1, 0.15) is 0 Å². The molecular weight excluding hydrogens is 178 g/mol. The maximum atomic E-state index is 10.6. The number of aliphatic carboxylic acids is 1. The second-order valence-corrected chi connectivity index (χ2v) is 3.95. The van der Waals surface area contributed by atoms with Gasteiger partial charge in [-0.05, 0) is 25.9 Å². The first-order chi connectivity index (χ1) is 6.70. The van der Waals surface area contributed by atoms with Crippen LogP contribution in [0, 0.1) is 0 Å². The van der Waals surface area contributed by atoms with Crippen LogP contribution in [-0.4, -0.2) is 35.6 Å². The lowest BCUT2D eigenvalue weighted by Gasteiger charge is -2.24. The molecule has 0 amide bonds. The minimum Gasteiger partial charge on any atom is -0.478 e. The van der Waals surface area contributed by atoms with E-state index in [1.165, 1.54) is 32.1 Å². The maximum Gasteiger partial charge on any atom is 0.332 e. The van der Waals surface area contributed by atoms with E-state index in [1.54, 1.807) is 0 Å². The Labute approximate surface area is 85.4 Å². The summed E-state index contributed by atoms with van der Waals surface area (Å²) in [5.41, 5.74) is 0.311. The normalized spacial score (nSPS) is 19.7. The van der Waals surface area contributed by atoms with Crippen molar-refractivity contribution < 1.29 is 9.90 Å². The molecule has 3 nitrogen and oxygen atoms in total. The van der Waals surface area contributed by atoms with Gasteiger partial charge in [-0.2, -0.15) is 0 Å². The number of carbonyl (C=O) groups is 1. The van der Waals surface area contributed by atoms with Gasteiger partial charge in [0, 0.05) is 12.1 Å². The van der Waals surface area contributed by atoms with Gasteiger partial charge < -0.3 is 5.11 Å². The molecule has 80 valence electrons. The summed E-state index contributed by atoms with van der Waals surface area (Å²) in [6, 6.07) is 0. The number of likely N-dealkylation sites (tertiary alicyclic amines) is 1. The molecule has 0 spiro atoms. The molecule has 0 saturated carbocycles. The predicted octanol–water partition coefficient (Wildman–Crippen LogP) is 1.89. The molecule has 0 aromatic heterocycles. The van der Waals surface area contributed by atoms with Crippen LogP contribution in [-0.2, 0) is 4.79 Å². The van der Waals surface area contributed by atoms with Crippen LogP contribution in [0.25, 0.3) is 0 Å². The Morgan fingerprint density at radius 2 is 1.64 bits per heavy atom. The molecule has 0 radical (unpaired) electrons. The monoisotopic (exact) mass is 197 g/mol. The highest BCUT2D eigenvalue weighted by atomic mass is 16.4. The van der Waals surface area contributed by atoms with Gasteiger partial charge in [0.2, 0.25) is 0 Å². The highest BCUT2D eigenvalue weighted by Gasteiger charge is 2.12. The highest BCUT2D eigenvalue weighted by molar-refractivity contribution is 5.86. The zero-order valence-electron chi connectivity index (χ0n) is 8.67. The molecular formula is C11H19NO2. The average molecular weight is 197 g/mol. The van der Waals surface area contributed by atoms with Crippen LogP contribution in [0.3, 0.4) is 0 Å². The Morgan fingerprint density at radius 3 is 2.14 bits per heavy atom. The summed E-state index contributed by atoms with van der Waals surface area (Å²) >= 11 is 0. The maximum absolute atomic E-state index is 10.6. The molecule has 1 fully saturated rings. The summed E-state index contributed by atoms with van der Waals surface area (Å²) in [5.74, 6) is -0.868. The quantitative estimate of drug-likeness (QED) is 0.702. The van der Waals surface area contributed by atoms with E-state index in [1.807, 2.05) is 0 Å². The van der Waals surface area contributed by atoms with E-state index in [9.17, 15) is 4.79 Å². The summed E-state index contributed by atoms with van der Waals surface area (Å²) < 4.78 is 0. The third-order valence-electron chi connectivity index (χ3n) is 2.67. The summed E-state index contributed by atoms with van der Waals surface area (Å²) in [7, 11) is 0. The molecule has 0 atom stereocenters. The molecule has 3 heteroatoms. The topological polar surface area (TPSA) is 40.5 Å². The largest absolute Gasteiger partial charge is 0.478 e. The first-order valence-electron chi connectivity index (χ1n) is 5.33. The zero-order valence-corrected chi connectivity index (χ0v) is 8.67. The molecule has 0 bridgehead atoms. The molecule has 1 aliphatic rings. The summed E-state index contributed by atoms with van der Waals surface area (Å²) in [6.07, 6.45) is 6.25. The molecule has 1 saturated heterocycles. The first-order valence-corrected chi connectivity index (χ1v) is 5.33. The molecule has 0 aliphatic carbocycles. The van der Waals surface area contributed by atoms with Crippen LogP contribution in [0.2, 0.25) is 0 Å². The van der Waals surface area contributed by atoms with Crippen molar-refractivity contribution in [3.63, 3.8) is 0 Å². The van der Waals surface area contributed by atoms with Crippen molar-refractivity contribution in [3.8, 4) is 0 Å². The standard InChI is InChI=1S/C11H19NO2/c1-10(11(13)14)9-12-7-5-3-2-4-6-8-12/h1-9H2,(H,13,14). The van der Waals surface area contributed by atoms with Crippen LogP contribution in [0.1, 0.15) is 32.1 Å². The fraction of sp³-hybridized carbons (Fsp3) is 0.727. The average Bonchev–Trinajstić information content (AvgIpc) is 2.08. The van der Waals surface area contributed by atoms with E-state index in [0.717, 1.165) is 13.1 Å². The van der Waals surface area contributed by atoms with Crippen LogP contribution >= 0.6 is 0 Å². The van der Waals surface area contributed by atoms with Gasteiger partial charge in [-0.15, -0.1) is 0 Å². The molecule has 0 aromatic rings. The van der Waals surface area contributed by atoms with Gasteiger partial charge in [-0.3, -0.25) is 4.90 Å². The second-order valence-electron chi connectivity index (χ2n) is 3.95. The summed E-state index contributed by atoms with van der Waals surface area (Å²) in [6.45, 7) is 6.12. The summed E-state index contributed by atoms with van der Waals surface area (Å²) in [5, 5.41) is 8.71. The molecule has 14 heavy (non-hydrogen) atoms. The van der Waals surface area contributed by atoms with E-state index in [2.05, 4.69) is 11.5 Å². The van der Waals surface area contributed by atoms with Crippen molar-refractivity contribution in [3.05, 3.63) is 12.2 Å². The smallest absolute Gasteiger partial charge is 0.332 e. The SMILES string of the molecule is C=C(CN1CCCCCCC1)C(=O)O. The number of carboxylic acids is 1. The van der Waals surface area contributed by atoms with E-state index in [4.69, 9.17) is 5.11 Å². The Morgan fingerprint density at radius 1 is 1.14 bits per heavy atom. The van der Waals surface area contributed by atoms with Gasteiger partial charge in [-0.25, -0.2) is 4.79 Å². The fourth-order valence-corrected chi connectivity index (χ4v) is 1.81. The Hall–Kier alpha value is -0.830. The van der Waals surface area contributed by atoms with Crippen molar-refractivity contribution in [2.45, 2.75) is 32.1 Å². The third kappa shape index (κ3) is 3.92. The lowest BCUT2D eigenvalue weighted by Crippen LogP contribution is -2.30. The minimum absolute atomic E-state index is 0.311. The third-order valence-corrected chi connectivity index (χ3v) is 2.67. The predicted molar refractivity (Wildman–Crippen MR) is 56.3 cm³/mol. The van der Waals surface area contributed by atoms with E-state index >= 15 is 0 Å². The Bertz CT molecular complexity index is 205. The summed E-state index contributed by atoms with van der Waals surface area (Å²) in [4.78, 5) is 12.8. The van der Waals surface area contributed by atoms with Gasteiger partial charge in [0.25, 0.3) is 0 Å².